The average molecular weight is 421 g/mol. The number of nitrogens with zero attached hydrogens (tertiary/aromatic N) is 1. The zero-order valence-corrected chi connectivity index (χ0v) is 17.3. The Kier molecular flexibility index (Phi) is 5.71. The van der Waals surface area contributed by atoms with Crippen LogP contribution in [0, 0.1) is 29.6 Å². The lowest BCUT2D eigenvalue weighted by atomic mass is 9.73. The van der Waals surface area contributed by atoms with Crippen LogP contribution in [0.25, 0.3) is 0 Å². The van der Waals surface area contributed by atoms with E-state index in [-0.39, 0.29) is 54.2 Å². The van der Waals surface area contributed by atoms with Gasteiger partial charge in [-0.1, -0.05) is 6.42 Å². The van der Waals surface area contributed by atoms with E-state index in [0.717, 1.165) is 32.1 Å². The second kappa shape index (κ2) is 8.46. The summed E-state index contributed by atoms with van der Waals surface area (Å²) >= 11 is 0. The third kappa shape index (κ3) is 3.73. The SMILES string of the molecule is O=C(CN1CCOCC1)OC1C2CC(C3C(=O)OCC23)C1C(=O)OC1CCCCC1. The van der Waals surface area contributed by atoms with Crippen molar-refractivity contribution in [2.24, 2.45) is 29.6 Å². The van der Waals surface area contributed by atoms with Gasteiger partial charge in [0.05, 0.1) is 38.2 Å². The fourth-order valence-corrected chi connectivity index (χ4v) is 6.35. The molecule has 6 unspecified atom stereocenters. The van der Waals surface area contributed by atoms with Crippen LogP contribution < -0.4 is 0 Å². The number of carbonyl (C=O) groups excluding carboxylic acids is 3. The van der Waals surface area contributed by atoms with E-state index in [0.29, 0.717) is 32.9 Å². The molecule has 2 heterocycles. The zero-order valence-electron chi connectivity index (χ0n) is 17.3. The van der Waals surface area contributed by atoms with E-state index >= 15 is 0 Å². The molecule has 2 saturated heterocycles. The molecule has 0 aromatic rings. The number of fused-ring (bicyclic) bond motifs is 5. The highest BCUT2D eigenvalue weighted by Gasteiger charge is 2.66. The van der Waals surface area contributed by atoms with Gasteiger partial charge in [-0.3, -0.25) is 19.3 Å². The van der Waals surface area contributed by atoms with E-state index in [1.165, 1.54) is 6.42 Å². The molecule has 0 spiro atoms. The largest absolute Gasteiger partial charge is 0.465 e. The molecule has 0 aromatic heterocycles. The first kappa shape index (κ1) is 20.2. The van der Waals surface area contributed by atoms with Crippen molar-refractivity contribution in [1.29, 1.82) is 0 Å². The number of hydrogen-bond acceptors (Lipinski definition) is 8. The third-order valence-electron chi connectivity index (χ3n) is 7.78. The van der Waals surface area contributed by atoms with Crippen molar-refractivity contribution in [3.63, 3.8) is 0 Å². The molecule has 2 bridgehead atoms. The van der Waals surface area contributed by atoms with Crippen LogP contribution in [0.4, 0.5) is 0 Å². The highest BCUT2D eigenvalue weighted by molar-refractivity contribution is 5.81. The Hall–Kier alpha value is -1.67. The van der Waals surface area contributed by atoms with Gasteiger partial charge in [0.2, 0.25) is 0 Å². The molecular weight excluding hydrogens is 390 g/mol. The normalized spacial score (nSPS) is 38.9. The minimum Gasteiger partial charge on any atom is -0.465 e. The van der Waals surface area contributed by atoms with Gasteiger partial charge in [0.1, 0.15) is 12.2 Å². The maximum atomic E-state index is 13.2. The highest BCUT2D eigenvalue weighted by Crippen LogP contribution is 2.59. The minimum absolute atomic E-state index is 0.0102. The fourth-order valence-electron chi connectivity index (χ4n) is 6.35. The summed E-state index contributed by atoms with van der Waals surface area (Å²) in [6.07, 6.45) is 5.26. The molecular formula is C22H31NO7. The smallest absolute Gasteiger partial charge is 0.320 e. The first-order chi connectivity index (χ1) is 14.6. The summed E-state index contributed by atoms with van der Waals surface area (Å²) in [5, 5.41) is 0. The summed E-state index contributed by atoms with van der Waals surface area (Å²) in [6, 6.07) is 0. The molecule has 0 N–H and O–H groups in total. The summed E-state index contributed by atoms with van der Waals surface area (Å²) in [6.45, 7) is 3.19. The fraction of sp³-hybridized carbons (Fsp3) is 0.864. The van der Waals surface area contributed by atoms with E-state index in [1.807, 2.05) is 4.90 Å². The van der Waals surface area contributed by atoms with Crippen molar-refractivity contribution in [3.05, 3.63) is 0 Å². The predicted molar refractivity (Wildman–Crippen MR) is 103 cm³/mol. The first-order valence-electron chi connectivity index (χ1n) is 11.5. The zero-order chi connectivity index (χ0) is 20.7. The van der Waals surface area contributed by atoms with Crippen LogP contribution in [0.5, 0.6) is 0 Å². The molecule has 3 aliphatic carbocycles. The molecule has 5 aliphatic rings. The monoisotopic (exact) mass is 421 g/mol. The quantitative estimate of drug-likeness (QED) is 0.483. The van der Waals surface area contributed by atoms with Crippen molar-refractivity contribution in [1.82, 2.24) is 4.90 Å². The Morgan fingerprint density at radius 1 is 1.00 bits per heavy atom. The molecule has 0 aromatic carbocycles. The van der Waals surface area contributed by atoms with Crippen LogP contribution in [0.3, 0.4) is 0 Å². The van der Waals surface area contributed by atoms with E-state index < -0.39 is 12.0 Å². The maximum Gasteiger partial charge on any atom is 0.320 e. The Balaban J connectivity index is 1.29. The van der Waals surface area contributed by atoms with E-state index in [1.54, 1.807) is 0 Å². The van der Waals surface area contributed by atoms with Gasteiger partial charge in [-0.2, -0.15) is 0 Å². The van der Waals surface area contributed by atoms with Crippen LogP contribution >= 0.6 is 0 Å². The number of cyclic esters (lactones) is 1. The third-order valence-corrected chi connectivity index (χ3v) is 7.78. The lowest BCUT2D eigenvalue weighted by Gasteiger charge is -2.35. The Labute approximate surface area is 176 Å². The number of morpholine rings is 1. The summed E-state index contributed by atoms with van der Waals surface area (Å²) < 4.78 is 22.4. The number of ether oxygens (including phenoxy) is 4. The van der Waals surface area contributed by atoms with Crippen molar-refractivity contribution < 1.29 is 33.3 Å². The molecule has 5 fully saturated rings. The van der Waals surface area contributed by atoms with Crippen LogP contribution in [-0.4, -0.2) is 74.5 Å². The number of carbonyl (C=O) groups is 3. The number of esters is 3. The molecule has 2 aliphatic heterocycles. The summed E-state index contributed by atoms with van der Waals surface area (Å²) in [5.74, 6) is -1.74. The summed E-state index contributed by atoms with van der Waals surface area (Å²) in [5.41, 5.74) is 0. The van der Waals surface area contributed by atoms with Gasteiger partial charge in [-0.15, -0.1) is 0 Å². The highest BCUT2D eigenvalue weighted by atomic mass is 16.6. The van der Waals surface area contributed by atoms with Gasteiger partial charge in [-0.25, -0.2) is 0 Å². The number of rotatable bonds is 5. The van der Waals surface area contributed by atoms with E-state index in [4.69, 9.17) is 18.9 Å². The second-order valence-electron chi connectivity index (χ2n) is 9.45. The Bertz CT molecular complexity index is 685. The molecule has 166 valence electrons. The average Bonchev–Trinajstić information content (AvgIpc) is 3.41. The van der Waals surface area contributed by atoms with Crippen molar-refractivity contribution in [2.75, 3.05) is 39.5 Å². The molecule has 3 saturated carbocycles. The van der Waals surface area contributed by atoms with Gasteiger partial charge in [0.25, 0.3) is 0 Å². The predicted octanol–water partition coefficient (Wildman–Crippen LogP) is 1.16. The van der Waals surface area contributed by atoms with E-state index in [2.05, 4.69) is 0 Å². The maximum absolute atomic E-state index is 13.2. The van der Waals surface area contributed by atoms with Gasteiger partial charge in [-0.05, 0) is 38.0 Å². The van der Waals surface area contributed by atoms with Crippen LogP contribution in [-0.2, 0) is 33.3 Å². The molecule has 5 rings (SSSR count). The molecule has 0 amide bonds. The molecule has 30 heavy (non-hydrogen) atoms. The van der Waals surface area contributed by atoms with Gasteiger partial charge in [0.15, 0.2) is 0 Å². The topological polar surface area (TPSA) is 91.4 Å². The molecule has 0 radical (unpaired) electrons. The van der Waals surface area contributed by atoms with Gasteiger partial charge < -0.3 is 18.9 Å². The minimum atomic E-state index is -0.558. The second-order valence-corrected chi connectivity index (χ2v) is 9.45. The van der Waals surface area contributed by atoms with Gasteiger partial charge in [0, 0.05) is 24.9 Å². The van der Waals surface area contributed by atoms with Crippen LogP contribution in [0.1, 0.15) is 38.5 Å². The lowest BCUT2D eigenvalue weighted by molar-refractivity contribution is -0.173. The standard InChI is InChI=1S/C22H31NO7/c24-17(11-23-6-8-27-9-7-23)30-20-14-10-15(18-16(14)12-28-21(18)25)19(20)22(26)29-13-4-2-1-3-5-13/h13-16,18-20H,1-12H2. The van der Waals surface area contributed by atoms with Crippen LogP contribution in [0.15, 0.2) is 0 Å². The van der Waals surface area contributed by atoms with Crippen molar-refractivity contribution >= 4 is 17.9 Å². The first-order valence-corrected chi connectivity index (χ1v) is 11.5. The lowest BCUT2D eigenvalue weighted by Crippen LogP contribution is -2.47. The molecule has 6 atom stereocenters. The van der Waals surface area contributed by atoms with Crippen molar-refractivity contribution in [3.8, 4) is 0 Å². The van der Waals surface area contributed by atoms with Crippen molar-refractivity contribution in [2.45, 2.75) is 50.7 Å². The molecule has 8 nitrogen and oxygen atoms in total. The summed E-state index contributed by atoms with van der Waals surface area (Å²) in [7, 11) is 0. The van der Waals surface area contributed by atoms with Crippen LogP contribution in [0.2, 0.25) is 0 Å². The number of hydrogen-bond donors (Lipinski definition) is 0. The molecule has 8 heteroatoms. The Morgan fingerprint density at radius 2 is 1.77 bits per heavy atom. The van der Waals surface area contributed by atoms with E-state index in [9.17, 15) is 14.4 Å². The van der Waals surface area contributed by atoms with Gasteiger partial charge >= 0.3 is 17.9 Å². The summed E-state index contributed by atoms with van der Waals surface area (Å²) in [4.78, 5) is 40.2. The Morgan fingerprint density at radius 3 is 2.53 bits per heavy atom.